The molecule has 4 amide bonds. The maximum Gasteiger partial charge on any atom is 0.407 e. The molecule has 5 atom stereocenters. The van der Waals surface area contributed by atoms with Gasteiger partial charge >= 0.3 is 38.9 Å². The van der Waals surface area contributed by atoms with Crippen LogP contribution in [-0.4, -0.2) is 127 Å². The minimum absolute atomic E-state index is 0.0123. The second kappa shape index (κ2) is 23.8. The van der Waals surface area contributed by atoms with Crippen molar-refractivity contribution < 1.29 is 60.6 Å². The zero-order valence-corrected chi connectivity index (χ0v) is 43.9. The van der Waals surface area contributed by atoms with Crippen molar-refractivity contribution in [1.82, 2.24) is 21.3 Å². The van der Waals surface area contributed by atoms with E-state index in [9.17, 15) is 24.0 Å². The van der Waals surface area contributed by atoms with Gasteiger partial charge in [0.25, 0.3) is 0 Å². The van der Waals surface area contributed by atoms with Crippen molar-refractivity contribution in [1.29, 1.82) is 0 Å². The summed E-state index contributed by atoms with van der Waals surface area (Å²) in [6, 6.07) is 0.288. The minimum atomic E-state index is -2.49. The molecule has 2 aliphatic rings. The van der Waals surface area contributed by atoms with Crippen LogP contribution in [0.1, 0.15) is 86.5 Å². The Kier molecular flexibility index (Phi) is 21.2. The monoisotopic (exact) mass is 947 g/mol. The number of amides is 4. The van der Waals surface area contributed by atoms with Gasteiger partial charge in [-0.05, 0) is 118 Å². The number of hydrogen-bond acceptors (Lipinski definition) is 13. The van der Waals surface area contributed by atoms with Gasteiger partial charge < -0.3 is 57.9 Å². The molecular formula is C43H82N4O13Si3. The van der Waals surface area contributed by atoms with Crippen molar-refractivity contribution in [2.45, 2.75) is 157 Å². The predicted molar refractivity (Wildman–Crippen MR) is 249 cm³/mol. The van der Waals surface area contributed by atoms with Crippen molar-refractivity contribution in [3.8, 4) is 0 Å². The SMILES string of the molecule is C=CC(=O)OCCOC(=O)NC1CC(C)(C)CC(C)(CNC(=O)OC(COCCC[Si](C)(O[Si](C)(C)C)O[Si](C)(C)C)COC(=O)NC2CC(C)(C)CC(C)(CNC(=O)OC)C2)C1. The van der Waals surface area contributed by atoms with Crippen LogP contribution in [0.3, 0.4) is 0 Å². The molecule has 0 aromatic heterocycles. The molecule has 0 heterocycles. The average Bonchev–Trinajstić information content (AvgIpc) is 3.10. The van der Waals surface area contributed by atoms with E-state index in [1.54, 1.807) is 0 Å². The van der Waals surface area contributed by atoms with E-state index in [1.165, 1.54) is 7.11 Å². The number of methoxy groups -OCH3 is 1. The molecule has 2 fully saturated rings. The van der Waals surface area contributed by atoms with E-state index in [1.807, 2.05) is 0 Å². The van der Waals surface area contributed by atoms with E-state index in [0.29, 0.717) is 45.3 Å². The van der Waals surface area contributed by atoms with Crippen molar-refractivity contribution in [2.75, 3.05) is 53.2 Å². The zero-order valence-electron chi connectivity index (χ0n) is 40.9. The molecule has 0 saturated heterocycles. The Morgan fingerprint density at radius 3 is 1.60 bits per heavy atom. The van der Waals surface area contributed by atoms with E-state index in [4.69, 9.17) is 36.7 Å². The maximum atomic E-state index is 13.5. The molecule has 20 heteroatoms. The topological polar surface area (TPSA) is 207 Å². The molecule has 0 aromatic rings. The average molecular weight is 947 g/mol. The first-order chi connectivity index (χ1) is 28.9. The van der Waals surface area contributed by atoms with Gasteiger partial charge in [-0.25, -0.2) is 24.0 Å². The van der Waals surface area contributed by atoms with Crippen molar-refractivity contribution in [3.05, 3.63) is 12.7 Å². The number of rotatable bonds is 23. The minimum Gasteiger partial charge on any atom is -0.459 e. The van der Waals surface area contributed by atoms with Gasteiger partial charge in [0.05, 0.1) is 13.7 Å². The lowest BCUT2D eigenvalue weighted by molar-refractivity contribution is -0.138. The molecule has 2 aliphatic carbocycles. The smallest absolute Gasteiger partial charge is 0.407 e. The van der Waals surface area contributed by atoms with Gasteiger partial charge in [0.1, 0.15) is 19.8 Å². The predicted octanol–water partition coefficient (Wildman–Crippen LogP) is 7.97. The number of alkyl carbamates (subject to hydrolysis) is 4. The summed E-state index contributed by atoms with van der Waals surface area (Å²) in [6.45, 7) is 31.7. The van der Waals surface area contributed by atoms with Crippen molar-refractivity contribution in [2.24, 2.45) is 21.7 Å². The number of hydrogen-bond donors (Lipinski definition) is 4. The Hall–Kier alpha value is -3.18. The van der Waals surface area contributed by atoms with Gasteiger partial charge in [-0.1, -0.05) is 48.1 Å². The highest BCUT2D eigenvalue weighted by Gasteiger charge is 2.44. The van der Waals surface area contributed by atoms with E-state index < -0.39 is 67.1 Å². The summed E-state index contributed by atoms with van der Waals surface area (Å²) in [4.78, 5) is 62.5. The third kappa shape index (κ3) is 23.5. The highest BCUT2D eigenvalue weighted by atomic mass is 28.5. The molecule has 0 aliphatic heterocycles. The van der Waals surface area contributed by atoms with Gasteiger partial charge in [-0.15, -0.1) is 0 Å². The molecule has 0 aromatic carbocycles. The fraction of sp³-hybridized carbons (Fsp3) is 0.837. The van der Waals surface area contributed by atoms with Crippen LogP contribution >= 0.6 is 0 Å². The fourth-order valence-corrected chi connectivity index (χ4v) is 22.3. The maximum absolute atomic E-state index is 13.5. The summed E-state index contributed by atoms with van der Waals surface area (Å²) >= 11 is 0. The third-order valence-electron chi connectivity index (χ3n) is 10.7. The second-order valence-corrected chi connectivity index (χ2v) is 34.7. The lowest BCUT2D eigenvalue weighted by atomic mass is 9.62. The summed E-state index contributed by atoms with van der Waals surface area (Å²) < 4.78 is 45.8. The van der Waals surface area contributed by atoms with Crippen LogP contribution in [0.2, 0.25) is 51.9 Å². The van der Waals surface area contributed by atoms with Crippen LogP contribution in [0.15, 0.2) is 12.7 Å². The normalized spacial score (nSPS) is 23.8. The van der Waals surface area contributed by atoms with Gasteiger partial charge in [0.15, 0.2) is 22.7 Å². The molecule has 63 heavy (non-hydrogen) atoms. The molecular weight excluding hydrogens is 865 g/mol. The molecule has 4 N–H and O–H groups in total. The van der Waals surface area contributed by atoms with Crippen LogP contribution in [0.5, 0.6) is 0 Å². The van der Waals surface area contributed by atoms with Gasteiger partial charge in [0, 0.05) is 37.9 Å². The standard InChI is InChI=1S/C43H82N4O13Si3/c1-16-35(48)55-19-20-56-38(51)46-32-22-40(2,3)29-43(7,24-32)31-45-37(50)58-34(26-54-18-17-21-63(15,59-61(9,10)11)60-62(12,13)14)27-57-39(52)47-33-23-41(4,5)28-42(6,25-33)30-44-36(49)53-8/h16,32-34H,1,17-31H2,2-15H3,(H,44,49)(H,45,50)(H,46,51)(H,47,52). The van der Waals surface area contributed by atoms with E-state index in [-0.39, 0.29) is 61.3 Å². The largest absolute Gasteiger partial charge is 0.459 e. The first-order valence-electron chi connectivity index (χ1n) is 22.3. The van der Waals surface area contributed by atoms with Crippen LogP contribution in [0.25, 0.3) is 0 Å². The second-order valence-electron chi connectivity index (χ2n) is 21.9. The molecule has 0 bridgehead atoms. The molecule has 5 unspecified atom stereocenters. The molecule has 0 radical (unpaired) electrons. The quantitative estimate of drug-likeness (QED) is 0.0252. The molecule has 17 nitrogen and oxygen atoms in total. The Balaban J connectivity index is 2.10. The van der Waals surface area contributed by atoms with E-state index >= 15 is 0 Å². The summed E-state index contributed by atoms with van der Waals surface area (Å²) in [5, 5.41) is 11.7. The van der Waals surface area contributed by atoms with Gasteiger partial charge in [0.2, 0.25) is 0 Å². The van der Waals surface area contributed by atoms with Crippen molar-refractivity contribution >= 4 is 55.5 Å². The van der Waals surface area contributed by atoms with Gasteiger partial charge in [-0.3, -0.25) is 0 Å². The number of carbonyl (C=O) groups is 5. The highest BCUT2D eigenvalue weighted by Crippen LogP contribution is 2.47. The van der Waals surface area contributed by atoms with E-state index in [2.05, 4.69) is 115 Å². The van der Waals surface area contributed by atoms with Crippen LogP contribution in [-0.2, 0) is 41.4 Å². The van der Waals surface area contributed by atoms with Crippen LogP contribution in [0.4, 0.5) is 19.2 Å². The summed E-state index contributed by atoms with van der Waals surface area (Å²) in [5.74, 6) is -0.599. The first-order valence-corrected chi connectivity index (χ1v) is 31.6. The summed E-state index contributed by atoms with van der Waals surface area (Å²) in [7, 11) is -4.92. The zero-order chi connectivity index (χ0) is 47.9. The lowest BCUT2D eigenvalue weighted by Gasteiger charge is -2.46. The van der Waals surface area contributed by atoms with Crippen molar-refractivity contribution in [3.63, 3.8) is 0 Å². The Morgan fingerprint density at radius 1 is 0.651 bits per heavy atom. The number of ether oxygens (including phenoxy) is 6. The lowest BCUT2D eigenvalue weighted by Crippen LogP contribution is -2.52. The summed E-state index contributed by atoms with van der Waals surface area (Å²) in [5.41, 5.74) is -0.999. The molecule has 2 rings (SSSR count). The number of carbonyl (C=O) groups excluding carboxylic acids is 5. The molecule has 364 valence electrons. The number of nitrogens with one attached hydrogen (secondary N) is 4. The van der Waals surface area contributed by atoms with Crippen LogP contribution in [0, 0.1) is 21.7 Å². The summed E-state index contributed by atoms with van der Waals surface area (Å²) in [6.07, 6.45) is 2.54. The highest BCUT2D eigenvalue weighted by molar-refractivity contribution is 6.87. The Labute approximate surface area is 380 Å². The Morgan fingerprint density at radius 2 is 1.13 bits per heavy atom. The van der Waals surface area contributed by atoms with E-state index in [0.717, 1.165) is 25.0 Å². The first kappa shape index (κ1) is 56.0. The fourth-order valence-electron chi connectivity index (χ4n) is 9.74. The third-order valence-corrected chi connectivity index (χ3v) is 20.3. The van der Waals surface area contributed by atoms with Crippen LogP contribution < -0.4 is 21.3 Å². The van der Waals surface area contributed by atoms with Gasteiger partial charge in [-0.2, -0.15) is 0 Å². The number of esters is 1. The molecule has 0 spiro atoms. The Bertz CT molecular complexity index is 1520. The molecule has 2 saturated carbocycles.